The van der Waals surface area contributed by atoms with Crippen molar-refractivity contribution in [3.8, 4) is 0 Å². The van der Waals surface area contributed by atoms with Gasteiger partial charge in [-0.3, -0.25) is 9.59 Å². The minimum absolute atomic E-state index is 0.0531. The summed E-state index contributed by atoms with van der Waals surface area (Å²) in [5.74, 6) is -1.13. The molecule has 1 aliphatic rings. The van der Waals surface area contributed by atoms with E-state index < -0.39 is 23.5 Å². The van der Waals surface area contributed by atoms with E-state index in [-0.39, 0.29) is 31.7 Å². The largest absolute Gasteiger partial charge is 0.481 e. The van der Waals surface area contributed by atoms with Crippen LogP contribution in [-0.2, 0) is 20.9 Å². The van der Waals surface area contributed by atoms with Crippen LogP contribution >= 0.6 is 0 Å². The number of alkyl carbamates (subject to hydrolysis) is 1. The average molecular weight is 319 g/mol. The summed E-state index contributed by atoms with van der Waals surface area (Å²) >= 11 is 0. The Morgan fingerprint density at radius 2 is 2.04 bits per heavy atom. The highest BCUT2D eigenvalue weighted by Gasteiger charge is 2.49. The number of benzene rings is 1. The third kappa shape index (κ3) is 3.88. The number of ether oxygens (including phenoxy) is 1. The van der Waals surface area contributed by atoms with Gasteiger partial charge in [0.1, 0.15) is 12.4 Å². The SMILES string of the molecule is CC[C@]1(C(=O)O)CC(=O)CC[C@H]1NC(=O)OCc1ccccc1. The van der Waals surface area contributed by atoms with Gasteiger partial charge >= 0.3 is 12.1 Å². The van der Waals surface area contributed by atoms with Gasteiger partial charge in [-0.05, 0) is 18.4 Å². The van der Waals surface area contributed by atoms with Crippen molar-refractivity contribution in [2.45, 2.75) is 45.3 Å². The molecular weight excluding hydrogens is 298 g/mol. The second-order valence-corrected chi connectivity index (χ2v) is 5.83. The fourth-order valence-corrected chi connectivity index (χ4v) is 3.01. The van der Waals surface area contributed by atoms with Crippen LogP contribution in [-0.4, -0.2) is 29.0 Å². The Morgan fingerprint density at radius 1 is 1.35 bits per heavy atom. The van der Waals surface area contributed by atoms with Gasteiger partial charge in [-0.2, -0.15) is 0 Å². The lowest BCUT2D eigenvalue weighted by molar-refractivity contribution is -0.156. The van der Waals surface area contributed by atoms with E-state index in [1.165, 1.54) is 0 Å². The van der Waals surface area contributed by atoms with Crippen LogP contribution in [0.1, 0.15) is 38.2 Å². The van der Waals surface area contributed by atoms with E-state index in [2.05, 4.69) is 5.32 Å². The summed E-state index contributed by atoms with van der Waals surface area (Å²) in [6.45, 7) is 1.83. The maximum Gasteiger partial charge on any atom is 0.407 e. The van der Waals surface area contributed by atoms with E-state index in [4.69, 9.17) is 4.74 Å². The van der Waals surface area contributed by atoms with Gasteiger partial charge < -0.3 is 15.2 Å². The predicted octanol–water partition coefficient (Wildman–Crippen LogP) is 2.52. The summed E-state index contributed by atoms with van der Waals surface area (Å²) in [5, 5.41) is 12.2. The van der Waals surface area contributed by atoms with Gasteiger partial charge in [-0.15, -0.1) is 0 Å². The Hall–Kier alpha value is -2.37. The smallest absolute Gasteiger partial charge is 0.407 e. The van der Waals surface area contributed by atoms with Gasteiger partial charge in [0, 0.05) is 18.9 Å². The van der Waals surface area contributed by atoms with E-state index in [9.17, 15) is 19.5 Å². The van der Waals surface area contributed by atoms with Crippen molar-refractivity contribution in [1.29, 1.82) is 0 Å². The number of aliphatic carboxylic acids is 1. The zero-order valence-corrected chi connectivity index (χ0v) is 13.1. The van der Waals surface area contributed by atoms with Gasteiger partial charge in [0.15, 0.2) is 0 Å². The molecule has 2 rings (SSSR count). The number of carbonyl (C=O) groups excluding carboxylic acids is 2. The molecule has 2 atom stereocenters. The fraction of sp³-hybridized carbons (Fsp3) is 0.471. The Labute approximate surface area is 134 Å². The topological polar surface area (TPSA) is 92.7 Å². The number of carboxylic acid groups (broad SMARTS) is 1. The molecule has 0 aliphatic heterocycles. The van der Waals surface area contributed by atoms with E-state index in [1.807, 2.05) is 30.3 Å². The first-order valence-electron chi connectivity index (χ1n) is 7.70. The van der Waals surface area contributed by atoms with Crippen molar-refractivity contribution in [3.63, 3.8) is 0 Å². The lowest BCUT2D eigenvalue weighted by Gasteiger charge is -2.39. The van der Waals surface area contributed by atoms with Gasteiger partial charge in [0.05, 0.1) is 5.41 Å². The Bertz CT molecular complexity index is 586. The maximum absolute atomic E-state index is 12.0. The normalized spacial score (nSPS) is 24.0. The van der Waals surface area contributed by atoms with E-state index in [0.29, 0.717) is 6.42 Å². The lowest BCUT2D eigenvalue weighted by atomic mass is 9.68. The standard InChI is InChI=1S/C17H21NO5/c1-2-17(15(20)21)10-13(19)8-9-14(17)18-16(22)23-11-12-6-4-3-5-7-12/h3-7,14H,2,8-11H2,1H3,(H,18,22)(H,20,21)/t14-,17+/m1/s1. The minimum Gasteiger partial charge on any atom is -0.481 e. The number of hydrogen-bond acceptors (Lipinski definition) is 4. The summed E-state index contributed by atoms with van der Waals surface area (Å²) in [5.41, 5.74) is -0.400. The van der Waals surface area contributed by atoms with E-state index >= 15 is 0 Å². The Morgan fingerprint density at radius 3 is 2.65 bits per heavy atom. The van der Waals surface area contributed by atoms with Crippen molar-refractivity contribution in [2.24, 2.45) is 5.41 Å². The number of rotatable bonds is 5. The number of nitrogens with one attached hydrogen (secondary N) is 1. The quantitative estimate of drug-likeness (QED) is 0.870. The van der Waals surface area contributed by atoms with Crippen molar-refractivity contribution >= 4 is 17.8 Å². The van der Waals surface area contributed by atoms with Crippen molar-refractivity contribution in [3.05, 3.63) is 35.9 Å². The minimum atomic E-state index is -1.25. The second-order valence-electron chi connectivity index (χ2n) is 5.83. The van der Waals surface area contributed by atoms with E-state index in [1.54, 1.807) is 6.92 Å². The zero-order valence-electron chi connectivity index (χ0n) is 13.1. The molecule has 124 valence electrons. The summed E-state index contributed by atoms with van der Waals surface area (Å²) in [6.07, 6.45) is 0.158. The van der Waals surface area contributed by atoms with Crippen LogP contribution in [0.4, 0.5) is 4.79 Å². The number of amides is 1. The highest BCUT2D eigenvalue weighted by atomic mass is 16.5. The number of carbonyl (C=O) groups is 3. The molecule has 0 spiro atoms. The van der Waals surface area contributed by atoms with Crippen molar-refractivity contribution in [2.75, 3.05) is 0 Å². The summed E-state index contributed by atoms with van der Waals surface area (Å²) < 4.78 is 5.15. The molecule has 0 aromatic heterocycles. The fourth-order valence-electron chi connectivity index (χ4n) is 3.01. The number of carboxylic acids is 1. The number of ketones is 1. The molecule has 1 aromatic rings. The second kappa shape index (κ2) is 7.26. The van der Waals surface area contributed by atoms with Crippen molar-refractivity contribution in [1.82, 2.24) is 5.32 Å². The molecule has 1 aliphatic carbocycles. The van der Waals surface area contributed by atoms with Crippen LogP contribution in [0.25, 0.3) is 0 Å². The molecule has 1 fully saturated rings. The van der Waals surface area contributed by atoms with Crippen LogP contribution in [0.15, 0.2) is 30.3 Å². The first-order chi connectivity index (χ1) is 11.0. The molecule has 0 saturated heterocycles. The average Bonchev–Trinajstić information content (AvgIpc) is 2.55. The van der Waals surface area contributed by atoms with Gasteiger partial charge in [0.25, 0.3) is 0 Å². The third-order valence-corrected chi connectivity index (χ3v) is 4.45. The first-order valence-corrected chi connectivity index (χ1v) is 7.70. The van der Waals surface area contributed by atoms with Crippen LogP contribution < -0.4 is 5.32 Å². The highest BCUT2D eigenvalue weighted by molar-refractivity contribution is 5.89. The van der Waals surface area contributed by atoms with Gasteiger partial charge in [-0.1, -0.05) is 37.3 Å². The van der Waals surface area contributed by atoms with Crippen LogP contribution in [0.3, 0.4) is 0 Å². The molecule has 1 amide bonds. The summed E-state index contributed by atoms with van der Waals surface area (Å²) in [7, 11) is 0. The predicted molar refractivity (Wildman–Crippen MR) is 82.8 cm³/mol. The molecule has 1 aromatic carbocycles. The lowest BCUT2D eigenvalue weighted by Crippen LogP contribution is -2.55. The maximum atomic E-state index is 12.0. The molecule has 0 heterocycles. The van der Waals surface area contributed by atoms with Crippen LogP contribution in [0.2, 0.25) is 0 Å². The molecule has 0 unspecified atom stereocenters. The van der Waals surface area contributed by atoms with Gasteiger partial charge in [-0.25, -0.2) is 4.79 Å². The van der Waals surface area contributed by atoms with E-state index in [0.717, 1.165) is 5.56 Å². The molecular formula is C17H21NO5. The molecule has 2 N–H and O–H groups in total. The number of hydrogen-bond donors (Lipinski definition) is 2. The Balaban J connectivity index is 2.00. The number of Topliss-reactive ketones (excluding diaryl/α,β-unsaturated/α-hetero) is 1. The van der Waals surface area contributed by atoms with Crippen LogP contribution in [0.5, 0.6) is 0 Å². The summed E-state index contributed by atoms with van der Waals surface area (Å²) in [6, 6.07) is 8.61. The molecule has 0 bridgehead atoms. The molecule has 6 heteroatoms. The third-order valence-electron chi connectivity index (χ3n) is 4.45. The first kappa shape index (κ1) is 17.0. The summed E-state index contributed by atoms with van der Waals surface area (Å²) in [4.78, 5) is 35.3. The van der Waals surface area contributed by atoms with Gasteiger partial charge in [0.2, 0.25) is 0 Å². The Kier molecular flexibility index (Phi) is 5.36. The zero-order chi connectivity index (χ0) is 16.9. The highest BCUT2D eigenvalue weighted by Crippen LogP contribution is 2.38. The molecule has 6 nitrogen and oxygen atoms in total. The molecule has 0 radical (unpaired) electrons. The monoisotopic (exact) mass is 319 g/mol. The van der Waals surface area contributed by atoms with Crippen LogP contribution in [0, 0.1) is 5.41 Å². The molecule has 23 heavy (non-hydrogen) atoms. The molecule has 1 saturated carbocycles. The van der Waals surface area contributed by atoms with Crippen molar-refractivity contribution < 1.29 is 24.2 Å².